The molecule has 102 valence electrons. The van der Waals surface area contributed by atoms with E-state index in [1.165, 1.54) is 5.70 Å². The van der Waals surface area contributed by atoms with Crippen LogP contribution >= 0.6 is 0 Å². The minimum Gasteiger partial charge on any atom is -0.373 e. The number of rotatable bonds is 0. The number of allylic oxidation sites excluding steroid dienone is 1. The van der Waals surface area contributed by atoms with E-state index in [0.29, 0.717) is 23.9 Å². The number of carbonyl (C=O) groups excluding carboxylic acids is 2. The summed E-state index contributed by atoms with van der Waals surface area (Å²) in [5.41, 5.74) is 1.93. The number of piperidine rings is 1. The molecule has 4 rings (SSSR count). The molecule has 1 saturated heterocycles. The van der Waals surface area contributed by atoms with E-state index in [-0.39, 0.29) is 11.3 Å². The molecule has 1 saturated carbocycles. The van der Waals surface area contributed by atoms with E-state index in [1.54, 1.807) is 0 Å². The van der Waals surface area contributed by atoms with Crippen molar-refractivity contribution in [3.63, 3.8) is 0 Å². The lowest BCUT2D eigenvalue weighted by Gasteiger charge is -2.53. The van der Waals surface area contributed by atoms with Gasteiger partial charge in [-0.1, -0.05) is 6.92 Å². The normalized spacial score (nSPS) is 41.4. The smallest absolute Gasteiger partial charge is 0.161 e. The van der Waals surface area contributed by atoms with Gasteiger partial charge in [-0.2, -0.15) is 0 Å². The van der Waals surface area contributed by atoms with Crippen molar-refractivity contribution in [1.82, 2.24) is 4.90 Å². The Bertz CT molecular complexity index is 507. The highest BCUT2D eigenvalue weighted by molar-refractivity contribution is 6.02. The maximum absolute atomic E-state index is 12.8. The molecule has 2 fully saturated rings. The van der Waals surface area contributed by atoms with Gasteiger partial charge in [0.25, 0.3) is 0 Å². The van der Waals surface area contributed by atoms with E-state index in [2.05, 4.69) is 11.8 Å². The highest BCUT2D eigenvalue weighted by atomic mass is 16.1. The van der Waals surface area contributed by atoms with Gasteiger partial charge in [0.1, 0.15) is 5.78 Å². The molecule has 4 aliphatic rings. The Hall–Kier alpha value is -1.12. The van der Waals surface area contributed by atoms with Crippen molar-refractivity contribution in [3.8, 4) is 0 Å². The predicted molar refractivity (Wildman–Crippen MR) is 71.4 cm³/mol. The first-order valence-electron chi connectivity index (χ1n) is 7.68. The van der Waals surface area contributed by atoms with Gasteiger partial charge in [0.15, 0.2) is 5.78 Å². The van der Waals surface area contributed by atoms with Crippen LogP contribution in [0.2, 0.25) is 0 Å². The first-order valence-corrected chi connectivity index (χ1v) is 7.68. The van der Waals surface area contributed by atoms with E-state index >= 15 is 0 Å². The number of hydrogen-bond donors (Lipinski definition) is 0. The second kappa shape index (κ2) is 3.71. The first kappa shape index (κ1) is 11.7. The molecule has 2 aliphatic heterocycles. The largest absolute Gasteiger partial charge is 0.373 e. The quantitative estimate of drug-likeness (QED) is 0.670. The molecular weight excluding hydrogens is 238 g/mol. The van der Waals surface area contributed by atoms with Gasteiger partial charge in [0.2, 0.25) is 0 Å². The van der Waals surface area contributed by atoms with Crippen molar-refractivity contribution in [3.05, 3.63) is 11.3 Å². The Morgan fingerprint density at radius 1 is 1.21 bits per heavy atom. The monoisotopic (exact) mass is 259 g/mol. The van der Waals surface area contributed by atoms with E-state index in [1.807, 2.05) is 0 Å². The average Bonchev–Trinajstić information content (AvgIpc) is 2.79. The predicted octanol–water partition coefficient (Wildman–Crippen LogP) is 2.31. The molecule has 0 aromatic carbocycles. The number of ketones is 2. The van der Waals surface area contributed by atoms with Crippen molar-refractivity contribution in [2.24, 2.45) is 17.3 Å². The number of Topliss-reactive ketones (excluding diaryl/α,β-unsaturated/α-hetero) is 2. The van der Waals surface area contributed by atoms with Gasteiger partial charge in [-0.3, -0.25) is 9.59 Å². The molecule has 0 aromatic rings. The summed E-state index contributed by atoms with van der Waals surface area (Å²) in [5.74, 6) is 1.51. The summed E-state index contributed by atoms with van der Waals surface area (Å²) in [4.78, 5) is 27.6. The van der Waals surface area contributed by atoms with Crippen LogP contribution in [0.15, 0.2) is 11.3 Å². The van der Waals surface area contributed by atoms with Gasteiger partial charge in [-0.15, -0.1) is 0 Å². The molecule has 0 N–H and O–H groups in total. The molecule has 3 heteroatoms. The fourth-order valence-electron chi connectivity index (χ4n) is 5.15. The van der Waals surface area contributed by atoms with Crippen molar-refractivity contribution in [2.45, 2.75) is 45.4 Å². The zero-order chi connectivity index (χ0) is 13.2. The molecule has 0 bridgehead atoms. The summed E-state index contributed by atoms with van der Waals surface area (Å²) in [6.07, 6.45) is 5.39. The minimum atomic E-state index is -0.259. The zero-order valence-corrected chi connectivity index (χ0v) is 11.6. The van der Waals surface area contributed by atoms with Gasteiger partial charge in [0.05, 0.1) is 5.41 Å². The summed E-state index contributed by atoms with van der Waals surface area (Å²) in [6.45, 7) is 4.17. The minimum absolute atomic E-state index is 0.259. The molecule has 3 atom stereocenters. The lowest BCUT2D eigenvalue weighted by molar-refractivity contribution is -0.140. The highest BCUT2D eigenvalue weighted by Gasteiger charge is 2.59. The van der Waals surface area contributed by atoms with Crippen LogP contribution in [0, 0.1) is 17.3 Å². The molecule has 0 amide bonds. The van der Waals surface area contributed by atoms with Crippen molar-refractivity contribution >= 4 is 11.6 Å². The molecule has 0 unspecified atom stereocenters. The van der Waals surface area contributed by atoms with Crippen molar-refractivity contribution in [2.75, 3.05) is 13.1 Å². The Balaban J connectivity index is 1.90. The number of nitrogens with zero attached hydrogens (tertiary/aromatic N) is 1. The van der Waals surface area contributed by atoms with E-state index in [9.17, 15) is 9.59 Å². The van der Waals surface area contributed by atoms with Crippen LogP contribution in [-0.4, -0.2) is 29.6 Å². The molecule has 0 radical (unpaired) electrons. The first-order chi connectivity index (χ1) is 9.13. The lowest BCUT2D eigenvalue weighted by atomic mass is 9.54. The average molecular weight is 259 g/mol. The van der Waals surface area contributed by atoms with Crippen molar-refractivity contribution < 1.29 is 9.59 Å². The molecule has 0 aromatic heterocycles. The third-order valence-electron chi connectivity index (χ3n) is 5.84. The fraction of sp³-hybridized carbons (Fsp3) is 0.750. The van der Waals surface area contributed by atoms with E-state index in [0.717, 1.165) is 50.8 Å². The van der Waals surface area contributed by atoms with Crippen LogP contribution in [0.25, 0.3) is 0 Å². The Kier molecular flexibility index (Phi) is 2.28. The number of carbonyl (C=O) groups is 2. The van der Waals surface area contributed by atoms with Crippen LogP contribution in [0.3, 0.4) is 0 Å². The van der Waals surface area contributed by atoms with Crippen LogP contribution in [-0.2, 0) is 9.59 Å². The molecular formula is C16H21NO2. The summed E-state index contributed by atoms with van der Waals surface area (Å²) in [7, 11) is 0. The third kappa shape index (κ3) is 1.34. The summed E-state index contributed by atoms with van der Waals surface area (Å²) >= 11 is 0. The molecule has 19 heavy (non-hydrogen) atoms. The Morgan fingerprint density at radius 3 is 2.89 bits per heavy atom. The molecule has 2 aliphatic carbocycles. The van der Waals surface area contributed by atoms with Crippen molar-refractivity contribution in [1.29, 1.82) is 0 Å². The van der Waals surface area contributed by atoms with E-state index in [4.69, 9.17) is 0 Å². The summed E-state index contributed by atoms with van der Waals surface area (Å²) < 4.78 is 0. The molecule has 1 spiro atoms. The van der Waals surface area contributed by atoms with Crippen LogP contribution in [0.1, 0.15) is 45.4 Å². The van der Waals surface area contributed by atoms with Gasteiger partial charge < -0.3 is 4.90 Å². The van der Waals surface area contributed by atoms with Crippen LogP contribution < -0.4 is 0 Å². The molecule has 3 nitrogen and oxygen atoms in total. The van der Waals surface area contributed by atoms with Crippen LogP contribution in [0.4, 0.5) is 0 Å². The summed E-state index contributed by atoms with van der Waals surface area (Å²) in [6, 6.07) is 0. The lowest BCUT2D eigenvalue weighted by Crippen LogP contribution is -2.54. The maximum Gasteiger partial charge on any atom is 0.161 e. The number of hydrogen-bond acceptors (Lipinski definition) is 3. The standard InChI is InChI=1S/C16H21NO2/c1-10-7-11-9-13(18)12-3-6-17-5-2-4-16(11,15(12)17)14(19)8-10/h10-11H,2-9H2,1H3/t10-,11+,16-/m1/s1. The Morgan fingerprint density at radius 2 is 2.05 bits per heavy atom. The SMILES string of the molecule is C[C@H]1CC(=O)[C@]23CCCN4CCC(=C42)C(=O)C[C@@H]3C1. The van der Waals surface area contributed by atoms with Gasteiger partial charge >= 0.3 is 0 Å². The van der Waals surface area contributed by atoms with Gasteiger partial charge in [-0.25, -0.2) is 0 Å². The second-order valence-corrected chi connectivity index (χ2v) is 6.93. The van der Waals surface area contributed by atoms with E-state index < -0.39 is 0 Å². The van der Waals surface area contributed by atoms with Gasteiger partial charge in [-0.05, 0) is 37.5 Å². The molecule has 2 heterocycles. The highest BCUT2D eigenvalue weighted by Crippen LogP contribution is 2.58. The topological polar surface area (TPSA) is 37.4 Å². The Labute approximate surface area is 114 Å². The van der Waals surface area contributed by atoms with Crippen LogP contribution in [0.5, 0.6) is 0 Å². The second-order valence-electron chi connectivity index (χ2n) is 6.93. The summed E-state index contributed by atoms with van der Waals surface area (Å²) in [5, 5.41) is 0. The van der Waals surface area contributed by atoms with Gasteiger partial charge in [0, 0.05) is 37.2 Å². The zero-order valence-electron chi connectivity index (χ0n) is 11.6. The fourth-order valence-corrected chi connectivity index (χ4v) is 5.15. The maximum atomic E-state index is 12.8. The third-order valence-corrected chi connectivity index (χ3v) is 5.84.